The molecule has 0 unspecified atom stereocenters. The van der Waals surface area contributed by atoms with Crippen LogP contribution in [0, 0.1) is 6.92 Å². The first kappa shape index (κ1) is 11.8. The van der Waals surface area contributed by atoms with Crippen molar-refractivity contribution < 1.29 is 0 Å². The van der Waals surface area contributed by atoms with Crippen molar-refractivity contribution in [3.05, 3.63) is 17.7 Å². The number of anilines is 1. The molecule has 0 amide bonds. The van der Waals surface area contributed by atoms with Gasteiger partial charge in [0.25, 0.3) is 0 Å². The van der Waals surface area contributed by atoms with Crippen LogP contribution in [-0.4, -0.2) is 44.2 Å². The molecule has 0 spiro atoms. The molecule has 6 heteroatoms. The number of aromatic nitrogens is 4. The number of rotatable bonds is 2. The summed E-state index contributed by atoms with van der Waals surface area (Å²) in [5, 5.41) is 8.46. The van der Waals surface area contributed by atoms with Gasteiger partial charge < -0.3 is 4.90 Å². The molecule has 0 saturated carbocycles. The topological polar surface area (TPSA) is 46.3 Å². The molecule has 0 aromatic carbocycles. The van der Waals surface area contributed by atoms with E-state index in [1.54, 1.807) is 0 Å². The highest BCUT2D eigenvalue weighted by atomic mass is 32.2. The predicted molar refractivity (Wildman–Crippen MR) is 74.4 cm³/mol. The average Bonchev–Trinajstić information content (AvgIpc) is 2.83. The Bertz CT molecular complexity index is 559. The summed E-state index contributed by atoms with van der Waals surface area (Å²) in [7, 11) is 0. The fraction of sp³-hybridized carbons (Fsp3) is 0.583. The highest BCUT2D eigenvalue weighted by molar-refractivity contribution is 7.99. The first-order valence-corrected chi connectivity index (χ1v) is 7.49. The highest BCUT2D eigenvalue weighted by Gasteiger charge is 2.15. The van der Waals surface area contributed by atoms with Crippen LogP contribution in [0.15, 0.2) is 6.07 Å². The Morgan fingerprint density at radius 3 is 2.78 bits per heavy atom. The van der Waals surface area contributed by atoms with Gasteiger partial charge in [-0.25, -0.2) is 4.98 Å². The minimum Gasteiger partial charge on any atom is -0.355 e. The SMILES string of the molecule is CCc1nnc2cc(N3CCSCC3)nc(C)n12. The zero-order valence-electron chi connectivity index (χ0n) is 10.8. The fourth-order valence-corrected chi connectivity index (χ4v) is 3.23. The molecule has 3 heterocycles. The number of fused-ring (bicyclic) bond motifs is 1. The van der Waals surface area contributed by atoms with Crippen molar-refractivity contribution >= 4 is 23.2 Å². The Morgan fingerprint density at radius 2 is 2.06 bits per heavy atom. The van der Waals surface area contributed by atoms with E-state index in [9.17, 15) is 0 Å². The van der Waals surface area contributed by atoms with Crippen molar-refractivity contribution in [2.24, 2.45) is 0 Å². The van der Waals surface area contributed by atoms with E-state index < -0.39 is 0 Å². The van der Waals surface area contributed by atoms with Crippen LogP contribution in [0.1, 0.15) is 18.6 Å². The maximum Gasteiger partial charge on any atom is 0.165 e. The summed E-state index contributed by atoms with van der Waals surface area (Å²) in [6.45, 7) is 6.26. The monoisotopic (exact) mass is 263 g/mol. The van der Waals surface area contributed by atoms with Crippen molar-refractivity contribution in [1.29, 1.82) is 0 Å². The van der Waals surface area contributed by atoms with E-state index in [2.05, 4.69) is 28.1 Å². The lowest BCUT2D eigenvalue weighted by Crippen LogP contribution is -2.33. The van der Waals surface area contributed by atoms with Gasteiger partial charge in [-0.15, -0.1) is 10.2 Å². The lowest BCUT2D eigenvalue weighted by Gasteiger charge is -2.27. The summed E-state index contributed by atoms with van der Waals surface area (Å²) < 4.78 is 2.04. The molecule has 1 aliphatic rings. The smallest absolute Gasteiger partial charge is 0.165 e. The molecule has 2 aromatic rings. The normalized spacial score (nSPS) is 16.4. The van der Waals surface area contributed by atoms with Gasteiger partial charge in [-0.3, -0.25) is 4.40 Å². The lowest BCUT2D eigenvalue weighted by molar-refractivity contribution is 0.813. The number of hydrogen-bond acceptors (Lipinski definition) is 5. The zero-order valence-corrected chi connectivity index (χ0v) is 11.6. The van der Waals surface area contributed by atoms with Gasteiger partial charge in [0.1, 0.15) is 17.5 Å². The molecular weight excluding hydrogens is 246 g/mol. The van der Waals surface area contributed by atoms with Crippen molar-refractivity contribution in [2.45, 2.75) is 20.3 Å². The molecule has 0 N–H and O–H groups in total. The molecule has 2 aromatic heterocycles. The van der Waals surface area contributed by atoms with Crippen LogP contribution in [0.4, 0.5) is 5.82 Å². The Labute approximate surface area is 111 Å². The van der Waals surface area contributed by atoms with Crippen LogP contribution in [0.25, 0.3) is 5.65 Å². The van der Waals surface area contributed by atoms with E-state index in [-0.39, 0.29) is 0 Å². The highest BCUT2D eigenvalue weighted by Crippen LogP contribution is 2.20. The van der Waals surface area contributed by atoms with Crippen molar-refractivity contribution in [3.8, 4) is 0 Å². The summed E-state index contributed by atoms with van der Waals surface area (Å²) in [4.78, 5) is 7.04. The van der Waals surface area contributed by atoms with E-state index in [0.29, 0.717) is 0 Å². The maximum atomic E-state index is 4.71. The van der Waals surface area contributed by atoms with Gasteiger partial charge in [-0.1, -0.05) is 6.92 Å². The van der Waals surface area contributed by atoms with Gasteiger partial charge in [0, 0.05) is 37.1 Å². The Balaban J connectivity index is 2.04. The van der Waals surface area contributed by atoms with Crippen LogP contribution >= 0.6 is 11.8 Å². The molecule has 0 radical (unpaired) electrons. The summed E-state index contributed by atoms with van der Waals surface area (Å²) in [6, 6.07) is 2.05. The van der Waals surface area contributed by atoms with E-state index in [1.807, 2.05) is 23.1 Å². The number of aryl methyl sites for hydroxylation is 2. The molecular formula is C12H17N5S. The average molecular weight is 263 g/mol. The molecule has 0 bridgehead atoms. The molecule has 3 rings (SSSR count). The first-order chi connectivity index (χ1) is 8.79. The molecule has 1 fully saturated rings. The number of thioether (sulfide) groups is 1. The largest absolute Gasteiger partial charge is 0.355 e. The minimum absolute atomic E-state index is 0.878. The second-order valence-corrected chi connectivity index (χ2v) is 5.65. The number of nitrogens with zero attached hydrogens (tertiary/aromatic N) is 5. The van der Waals surface area contributed by atoms with E-state index in [4.69, 9.17) is 4.98 Å². The van der Waals surface area contributed by atoms with Crippen LogP contribution in [-0.2, 0) is 6.42 Å². The minimum atomic E-state index is 0.878. The van der Waals surface area contributed by atoms with Gasteiger partial charge in [-0.05, 0) is 6.92 Å². The molecule has 0 aliphatic carbocycles. The quantitative estimate of drug-likeness (QED) is 0.822. The summed E-state index contributed by atoms with van der Waals surface area (Å²) in [6.07, 6.45) is 0.878. The third-order valence-electron chi connectivity index (χ3n) is 3.26. The van der Waals surface area contributed by atoms with Crippen LogP contribution in [0.3, 0.4) is 0 Å². The summed E-state index contributed by atoms with van der Waals surface area (Å²) in [5.74, 6) is 5.35. The molecule has 1 aliphatic heterocycles. The van der Waals surface area contributed by atoms with Crippen LogP contribution < -0.4 is 4.90 Å². The van der Waals surface area contributed by atoms with Gasteiger partial charge in [-0.2, -0.15) is 11.8 Å². The predicted octanol–water partition coefficient (Wildman–Crippen LogP) is 1.55. The van der Waals surface area contributed by atoms with Gasteiger partial charge in [0.15, 0.2) is 5.65 Å². The Morgan fingerprint density at radius 1 is 1.28 bits per heavy atom. The molecule has 18 heavy (non-hydrogen) atoms. The van der Waals surface area contributed by atoms with Gasteiger partial charge >= 0.3 is 0 Å². The Hall–Kier alpha value is -1.30. The standard InChI is InChI=1S/C12H17N5S/c1-3-10-14-15-12-8-11(13-9(2)17(10)12)16-4-6-18-7-5-16/h8H,3-7H2,1-2H3. The van der Waals surface area contributed by atoms with Gasteiger partial charge in [0.2, 0.25) is 0 Å². The van der Waals surface area contributed by atoms with E-state index in [1.165, 1.54) is 11.5 Å². The fourth-order valence-electron chi connectivity index (χ4n) is 2.32. The number of hydrogen-bond donors (Lipinski definition) is 0. The van der Waals surface area contributed by atoms with E-state index >= 15 is 0 Å². The van der Waals surface area contributed by atoms with Crippen LogP contribution in [0.5, 0.6) is 0 Å². The van der Waals surface area contributed by atoms with E-state index in [0.717, 1.165) is 42.6 Å². The van der Waals surface area contributed by atoms with Crippen molar-refractivity contribution in [2.75, 3.05) is 29.5 Å². The second-order valence-electron chi connectivity index (χ2n) is 4.42. The second kappa shape index (κ2) is 4.76. The van der Waals surface area contributed by atoms with Gasteiger partial charge in [0.05, 0.1) is 0 Å². The molecule has 96 valence electrons. The maximum absolute atomic E-state index is 4.71. The Kier molecular flexibility index (Phi) is 3.11. The van der Waals surface area contributed by atoms with Crippen molar-refractivity contribution in [1.82, 2.24) is 19.6 Å². The zero-order chi connectivity index (χ0) is 12.5. The molecule has 5 nitrogen and oxygen atoms in total. The van der Waals surface area contributed by atoms with Crippen molar-refractivity contribution in [3.63, 3.8) is 0 Å². The lowest BCUT2D eigenvalue weighted by atomic mass is 10.4. The summed E-state index contributed by atoms with van der Waals surface area (Å²) >= 11 is 2.01. The van der Waals surface area contributed by atoms with Crippen LogP contribution in [0.2, 0.25) is 0 Å². The third-order valence-corrected chi connectivity index (χ3v) is 4.21. The third kappa shape index (κ3) is 1.94. The molecule has 0 atom stereocenters. The summed E-state index contributed by atoms with van der Waals surface area (Å²) in [5.41, 5.74) is 0.910. The molecule has 1 saturated heterocycles. The first-order valence-electron chi connectivity index (χ1n) is 6.34.